The summed E-state index contributed by atoms with van der Waals surface area (Å²) in [5.41, 5.74) is 11.3. The Morgan fingerprint density at radius 3 is 1.67 bits per heavy atom. The number of aryl methyl sites for hydroxylation is 4. The van der Waals surface area contributed by atoms with Crippen molar-refractivity contribution < 1.29 is 4.92 Å². The van der Waals surface area contributed by atoms with Crippen LogP contribution in [0.5, 0.6) is 0 Å². The molecule has 0 aliphatic rings. The van der Waals surface area contributed by atoms with E-state index in [1.54, 1.807) is 18.3 Å². The van der Waals surface area contributed by atoms with Crippen molar-refractivity contribution >= 4 is 76.4 Å². The molecule has 0 amide bonds. The predicted octanol–water partition coefficient (Wildman–Crippen LogP) is 7.32. The highest BCUT2D eigenvalue weighted by Gasteiger charge is 2.16. The van der Waals surface area contributed by atoms with Crippen molar-refractivity contribution in [3.05, 3.63) is 134 Å². The average Bonchev–Trinajstić information content (AvgIpc) is 3.00. The van der Waals surface area contributed by atoms with E-state index in [2.05, 4.69) is 62.4 Å². The lowest BCUT2D eigenvalue weighted by atomic mass is 10.1. The van der Waals surface area contributed by atoms with Gasteiger partial charge >= 0.3 is 0 Å². The molecular weight excluding hydrogens is 744 g/mol. The number of H-pyrrole nitrogens is 2. The van der Waals surface area contributed by atoms with Crippen LogP contribution in [0.15, 0.2) is 79.5 Å². The SMILES string of the molecule is Cc1cc(C)c(CNc2nccc3c(N)cc(Br)cc23)c(=O)[nH]1.Cc1cc(C)c(CNc2nccc3c([N+](=O)[O-])cc(Br)cc23)c(=O)[nH]1. The van der Waals surface area contributed by atoms with Gasteiger partial charge < -0.3 is 26.3 Å². The number of aromatic amines is 2. The number of nitrogen functional groups attached to an aromatic ring is 1. The molecule has 6 N–H and O–H groups in total. The molecule has 0 fully saturated rings. The minimum absolute atomic E-state index is 0.000751. The lowest BCUT2D eigenvalue weighted by Gasteiger charge is -2.12. The first-order valence-corrected chi connectivity index (χ1v) is 16.3. The highest BCUT2D eigenvalue weighted by Crippen LogP contribution is 2.33. The molecule has 246 valence electrons. The topological polar surface area (TPSA) is 185 Å². The molecule has 6 rings (SSSR count). The zero-order valence-electron chi connectivity index (χ0n) is 26.5. The van der Waals surface area contributed by atoms with Crippen LogP contribution in [0.2, 0.25) is 0 Å². The standard InChI is InChI=1S/C17H15BrN4O3.C17H17BrN4O/c1-9-5-10(2)21-17(23)14(9)8-20-16-13-6-11(18)7-15(22(24)25)12(13)3-4-19-16;1-9-5-10(2)22-17(23)14(9)8-21-16-13-6-11(18)7-15(19)12(13)3-4-20-16/h3-7H,8H2,1-2H3,(H,19,20)(H,21,23);3-7H,8,19H2,1-2H3,(H,20,21)(H,22,23). The highest BCUT2D eigenvalue weighted by molar-refractivity contribution is 9.10. The molecule has 4 aromatic heterocycles. The van der Waals surface area contributed by atoms with Gasteiger partial charge in [-0.05, 0) is 81.3 Å². The Kier molecular flexibility index (Phi) is 10.2. The summed E-state index contributed by atoms with van der Waals surface area (Å²) in [5.74, 6) is 1.19. The second-order valence-corrected chi connectivity index (χ2v) is 13.1. The molecule has 2 aromatic carbocycles. The number of nitro benzene ring substituents is 1. The Hall–Kier alpha value is -5.08. The Bertz CT molecular complexity index is 2320. The summed E-state index contributed by atoms with van der Waals surface area (Å²) in [6.07, 6.45) is 3.22. The molecule has 48 heavy (non-hydrogen) atoms. The number of hydrogen-bond acceptors (Lipinski definition) is 9. The van der Waals surface area contributed by atoms with E-state index in [1.807, 2.05) is 58.0 Å². The minimum atomic E-state index is -0.425. The molecule has 0 saturated heterocycles. The third kappa shape index (κ3) is 7.55. The summed E-state index contributed by atoms with van der Waals surface area (Å²) in [6, 6.07) is 14.4. The first kappa shape index (κ1) is 34.3. The molecule has 0 aliphatic carbocycles. The van der Waals surface area contributed by atoms with Crippen molar-refractivity contribution in [2.24, 2.45) is 0 Å². The Labute approximate surface area is 291 Å². The van der Waals surface area contributed by atoms with Crippen molar-refractivity contribution in [3.8, 4) is 0 Å². The largest absolute Gasteiger partial charge is 0.398 e. The molecule has 6 aromatic rings. The summed E-state index contributed by atoms with van der Waals surface area (Å²) in [5, 5.41) is 20.6. The second-order valence-electron chi connectivity index (χ2n) is 11.3. The Balaban J connectivity index is 0.000000188. The molecule has 4 heterocycles. The van der Waals surface area contributed by atoms with E-state index in [0.29, 0.717) is 50.2 Å². The van der Waals surface area contributed by atoms with Gasteiger partial charge in [-0.1, -0.05) is 31.9 Å². The molecule has 0 aliphatic heterocycles. The van der Waals surface area contributed by atoms with Crippen LogP contribution >= 0.6 is 31.9 Å². The number of nitro groups is 1. The smallest absolute Gasteiger partial charge is 0.278 e. The molecule has 0 bridgehead atoms. The normalized spacial score (nSPS) is 10.9. The Morgan fingerprint density at radius 2 is 1.19 bits per heavy atom. The summed E-state index contributed by atoms with van der Waals surface area (Å²) >= 11 is 6.75. The lowest BCUT2D eigenvalue weighted by Crippen LogP contribution is -2.18. The lowest BCUT2D eigenvalue weighted by molar-refractivity contribution is -0.383. The highest BCUT2D eigenvalue weighted by atomic mass is 79.9. The fourth-order valence-corrected chi connectivity index (χ4v) is 6.41. The predicted molar refractivity (Wildman–Crippen MR) is 198 cm³/mol. The van der Waals surface area contributed by atoms with Gasteiger partial charge in [0.25, 0.3) is 16.8 Å². The van der Waals surface area contributed by atoms with Crippen molar-refractivity contribution in [2.45, 2.75) is 40.8 Å². The van der Waals surface area contributed by atoms with Gasteiger partial charge in [-0.15, -0.1) is 0 Å². The molecule has 0 spiro atoms. The van der Waals surface area contributed by atoms with Gasteiger partial charge in [0.2, 0.25) is 0 Å². The van der Waals surface area contributed by atoms with Gasteiger partial charge in [0.1, 0.15) is 11.6 Å². The second kappa shape index (κ2) is 14.4. The molecule has 12 nitrogen and oxygen atoms in total. The zero-order valence-corrected chi connectivity index (χ0v) is 29.7. The number of benzene rings is 2. The van der Waals surface area contributed by atoms with E-state index < -0.39 is 4.92 Å². The number of hydrogen-bond donors (Lipinski definition) is 5. The first-order valence-electron chi connectivity index (χ1n) is 14.7. The number of rotatable bonds is 7. The van der Waals surface area contributed by atoms with Crippen molar-refractivity contribution in [1.82, 2.24) is 19.9 Å². The van der Waals surface area contributed by atoms with Crippen molar-refractivity contribution in [2.75, 3.05) is 16.4 Å². The number of nitrogens with two attached hydrogens (primary N) is 1. The molecule has 0 atom stereocenters. The maximum atomic E-state index is 12.1. The number of fused-ring (bicyclic) bond motifs is 2. The molecule has 0 saturated carbocycles. The minimum Gasteiger partial charge on any atom is -0.398 e. The zero-order chi connectivity index (χ0) is 34.7. The van der Waals surface area contributed by atoms with Crippen LogP contribution in [-0.4, -0.2) is 24.9 Å². The van der Waals surface area contributed by atoms with Gasteiger partial charge in [0, 0.05) is 84.9 Å². The maximum absolute atomic E-state index is 12.1. The number of pyridine rings is 4. The average molecular weight is 776 g/mol. The summed E-state index contributed by atoms with van der Waals surface area (Å²) in [6.45, 7) is 8.18. The molecule has 0 unspecified atom stereocenters. The Morgan fingerprint density at radius 1 is 0.729 bits per heavy atom. The van der Waals surface area contributed by atoms with Gasteiger partial charge in [-0.25, -0.2) is 9.97 Å². The van der Waals surface area contributed by atoms with Gasteiger partial charge in [0.05, 0.1) is 10.3 Å². The van der Waals surface area contributed by atoms with Crippen LogP contribution in [0.1, 0.15) is 33.6 Å². The van der Waals surface area contributed by atoms with Crippen LogP contribution in [0, 0.1) is 37.8 Å². The molecular formula is C34H32Br2N8O4. The summed E-state index contributed by atoms with van der Waals surface area (Å²) < 4.78 is 1.48. The van der Waals surface area contributed by atoms with E-state index >= 15 is 0 Å². The van der Waals surface area contributed by atoms with Gasteiger partial charge in [-0.3, -0.25) is 19.7 Å². The number of aromatic nitrogens is 4. The summed E-state index contributed by atoms with van der Waals surface area (Å²) in [4.78, 5) is 49.3. The van der Waals surface area contributed by atoms with Crippen molar-refractivity contribution in [1.29, 1.82) is 0 Å². The van der Waals surface area contributed by atoms with Gasteiger partial charge in [-0.2, -0.15) is 0 Å². The third-order valence-corrected chi connectivity index (χ3v) is 8.66. The quantitative estimate of drug-likeness (QED) is 0.0630. The van der Waals surface area contributed by atoms with E-state index in [0.717, 1.165) is 37.8 Å². The number of anilines is 3. The van der Waals surface area contributed by atoms with Crippen LogP contribution in [0.4, 0.5) is 23.0 Å². The van der Waals surface area contributed by atoms with E-state index in [9.17, 15) is 19.7 Å². The monoisotopic (exact) mass is 774 g/mol. The van der Waals surface area contributed by atoms with Crippen LogP contribution < -0.4 is 27.5 Å². The number of nitrogens with zero attached hydrogens (tertiary/aromatic N) is 3. The molecule has 14 heteroatoms. The first-order chi connectivity index (χ1) is 22.8. The number of nitrogens with one attached hydrogen (secondary N) is 4. The number of halogens is 2. The third-order valence-electron chi connectivity index (χ3n) is 7.75. The summed E-state index contributed by atoms with van der Waals surface area (Å²) in [7, 11) is 0. The molecule has 0 radical (unpaired) electrons. The van der Waals surface area contributed by atoms with E-state index in [4.69, 9.17) is 5.73 Å². The fraction of sp³-hybridized carbons (Fsp3) is 0.176. The van der Waals surface area contributed by atoms with Gasteiger partial charge in [0.15, 0.2) is 0 Å². The number of non-ortho nitro benzene ring substituents is 1. The van der Waals surface area contributed by atoms with Crippen LogP contribution in [-0.2, 0) is 13.1 Å². The fourth-order valence-electron chi connectivity index (χ4n) is 5.49. The van der Waals surface area contributed by atoms with E-state index in [-0.39, 0.29) is 23.4 Å². The maximum Gasteiger partial charge on any atom is 0.278 e. The van der Waals surface area contributed by atoms with Crippen LogP contribution in [0.25, 0.3) is 21.5 Å². The van der Waals surface area contributed by atoms with E-state index in [1.165, 1.54) is 12.3 Å². The van der Waals surface area contributed by atoms with Crippen LogP contribution in [0.3, 0.4) is 0 Å². The van der Waals surface area contributed by atoms with Crippen molar-refractivity contribution in [3.63, 3.8) is 0 Å².